The van der Waals surface area contributed by atoms with E-state index in [1.165, 1.54) is 0 Å². The Kier molecular flexibility index (Phi) is 5.54. The predicted molar refractivity (Wildman–Crippen MR) is 62.8 cm³/mol. The molecule has 0 amide bonds. The van der Waals surface area contributed by atoms with Crippen LogP contribution in [0.3, 0.4) is 0 Å². The summed E-state index contributed by atoms with van der Waals surface area (Å²) in [7, 11) is 0.936. The minimum absolute atomic E-state index is 0.102. The summed E-state index contributed by atoms with van der Waals surface area (Å²) in [4.78, 5) is 11.4. The van der Waals surface area contributed by atoms with Gasteiger partial charge in [-0.15, -0.1) is 0 Å². The molecule has 0 aliphatic rings. The molecule has 0 fully saturated rings. The van der Waals surface area contributed by atoms with Crippen molar-refractivity contribution in [1.29, 1.82) is 0 Å². The average molecular weight is 320 g/mol. The molecule has 124 valence electrons. The molecule has 0 aromatic carbocycles. The molecule has 0 saturated heterocycles. The van der Waals surface area contributed by atoms with Gasteiger partial charge in [-0.25, -0.2) is 4.79 Å². The molecule has 0 heterocycles. The number of alkyl halides is 5. The fourth-order valence-electron chi connectivity index (χ4n) is 1.44. The van der Waals surface area contributed by atoms with Gasteiger partial charge in [0, 0.05) is 12.7 Å². The molecule has 0 aromatic heterocycles. The molecule has 0 aromatic rings. The Balaban J connectivity index is 5.83. The lowest BCUT2D eigenvalue weighted by Crippen LogP contribution is -2.68. The molecule has 0 bridgehead atoms. The van der Waals surface area contributed by atoms with Crippen molar-refractivity contribution in [3.05, 3.63) is 12.2 Å². The van der Waals surface area contributed by atoms with E-state index in [1.807, 2.05) is 0 Å². The first-order chi connectivity index (χ1) is 9.14. The van der Waals surface area contributed by atoms with Gasteiger partial charge in [-0.05, 0) is 20.8 Å². The van der Waals surface area contributed by atoms with Gasteiger partial charge in [0.05, 0.1) is 6.61 Å². The highest BCUT2D eigenvalue weighted by Crippen LogP contribution is 2.48. The monoisotopic (exact) mass is 320 g/mol. The Morgan fingerprint density at radius 3 is 1.90 bits per heavy atom. The molecule has 0 spiro atoms. The maximum atomic E-state index is 14.2. The number of aliphatic hydroxyl groups is 1. The molecule has 0 rings (SSSR count). The Hall–Kier alpha value is -1.22. The fraction of sp³-hybridized carbons (Fsp3) is 0.750. The Bertz CT molecular complexity index is 416. The SMILES string of the molecule is C=C(C)C(=O)OC(C)(COC)C(F)(F)C(C)(O)C(F)(F)F. The summed E-state index contributed by atoms with van der Waals surface area (Å²) in [5.41, 5.74) is -7.76. The third kappa shape index (κ3) is 3.52. The van der Waals surface area contributed by atoms with Crippen molar-refractivity contribution < 1.29 is 41.3 Å². The van der Waals surface area contributed by atoms with Crippen LogP contribution in [0.2, 0.25) is 0 Å². The van der Waals surface area contributed by atoms with Gasteiger partial charge in [0.25, 0.3) is 0 Å². The molecular weight excluding hydrogens is 303 g/mol. The van der Waals surface area contributed by atoms with Crippen LogP contribution in [0.4, 0.5) is 22.0 Å². The number of esters is 1. The summed E-state index contributed by atoms with van der Waals surface area (Å²) in [5, 5.41) is 9.25. The number of hydrogen-bond acceptors (Lipinski definition) is 4. The zero-order valence-electron chi connectivity index (χ0n) is 12.0. The van der Waals surface area contributed by atoms with E-state index in [0.717, 1.165) is 14.0 Å². The maximum Gasteiger partial charge on any atom is 0.423 e. The van der Waals surface area contributed by atoms with Crippen LogP contribution in [0, 0.1) is 0 Å². The van der Waals surface area contributed by atoms with E-state index in [-0.39, 0.29) is 12.5 Å². The first kappa shape index (κ1) is 19.8. The van der Waals surface area contributed by atoms with Crippen LogP contribution < -0.4 is 0 Å². The predicted octanol–water partition coefficient (Wildman–Crippen LogP) is 2.46. The number of carbonyl (C=O) groups is 1. The summed E-state index contributed by atoms with van der Waals surface area (Å²) >= 11 is 0. The highest BCUT2D eigenvalue weighted by molar-refractivity contribution is 5.87. The molecule has 9 heteroatoms. The molecule has 0 aliphatic carbocycles. The van der Waals surface area contributed by atoms with E-state index in [2.05, 4.69) is 16.1 Å². The zero-order valence-corrected chi connectivity index (χ0v) is 12.0. The van der Waals surface area contributed by atoms with Gasteiger partial charge in [-0.2, -0.15) is 22.0 Å². The second-order valence-electron chi connectivity index (χ2n) is 4.98. The highest BCUT2D eigenvalue weighted by Gasteiger charge is 2.74. The summed E-state index contributed by atoms with van der Waals surface area (Å²) in [6, 6.07) is 0. The normalized spacial score (nSPS) is 18.6. The van der Waals surface area contributed by atoms with Crippen LogP contribution in [0.15, 0.2) is 12.2 Å². The molecule has 1 N–H and O–H groups in total. The first-order valence-corrected chi connectivity index (χ1v) is 5.68. The third-order valence-electron chi connectivity index (χ3n) is 2.91. The fourth-order valence-corrected chi connectivity index (χ4v) is 1.44. The van der Waals surface area contributed by atoms with Crippen LogP contribution in [-0.2, 0) is 14.3 Å². The number of rotatable bonds is 6. The number of methoxy groups -OCH3 is 1. The van der Waals surface area contributed by atoms with Crippen LogP contribution in [0.1, 0.15) is 20.8 Å². The molecule has 0 saturated carbocycles. The van der Waals surface area contributed by atoms with Crippen molar-refractivity contribution in [1.82, 2.24) is 0 Å². The molecule has 0 aliphatic heterocycles. The molecule has 2 atom stereocenters. The van der Waals surface area contributed by atoms with E-state index in [4.69, 9.17) is 0 Å². The number of hydrogen-bond donors (Lipinski definition) is 1. The largest absolute Gasteiger partial charge is 0.447 e. The first-order valence-electron chi connectivity index (χ1n) is 5.68. The lowest BCUT2D eigenvalue weighted by molar-refractivity contribution is -0.362. The Labute approximate surface area is 118 Å². The van der Waals surface area contributed by atoms with E-state index < -0.39 is 35.9 Å². The molecule has 0 radical (unpaired) electrons. The lowest BCUT2D eigenvalue weighted by atomic mass is 9.84. The quantitative estimate of drug-likeness (QED) is 0.464. The maximum absolute atomic E-state index is 14.2. The van der Waals surface area contributed by atoms with E-state index >= 15 is 0 Å². The average Bonchev–Trinajstić information content (AvgIpc) is 2.26. The zero-order chi connectivity index (χ0) is 17.3. The Morgan fingerprint density at radius 1 is 1.19 bits per heavy atom. The van der Waals surface area contributed by atoms with E-state index in [0.29, 0.717) is 6.92 Å². The number of ether oxygens (including phenoxy) is 2. The van der Waals surface area contributed by atoms with Crippen molar-refractivity contribution in [2.45, 2.75) is 44.1 Å². The molecular formula is C12H17F5O4. The van der Waals surface area contributed by atoms with Crippen molar-refractivity contribution in [3.63, 3.8) is 0 Å². The highest BCUT2D eigenvalue weighted by atomic mass is 19.4. The van der Waals surface area contributed by atoms with Crippen molar-refractivity contribution in [2.75, 3.05) is 13.7 Å². The van der Waals surface area contributed by atoms with Gasteiger partial charge in [0.1, 0.15) is 0 Å². The second-order valence-corrected chi connectivity index (χ2v) is 4.98. The smallest absolute Gasteiger partial charge is 0.423 e. The van der Waals surface area contributed by atoms with Gasteiger partial charge < -0.3 is 14.6 Å². The molecule has 4 nitrogen and oxygen atoms in total. The topological polar surface area (TPSA) is 55.8 Å². The van der Waals surface area contributed by atoms with E-state index in [9.17, 15) is 31.9 Å². The molecule has 2 unspecified atom stereocenters. The van der Waals surface area contributed by atoms with Gasteiger partial charge in [0.2, 0.25) is 5.60 Å². The van der Waals surface area contributed by atoms with Gasteiger partial charge in [-0.3, -0.25) is 0 Å². The van der Waals surface area contributed by atoms with Gasteiger partial charge >= 0.3 is 18.1 Å². The lowest BCUT2D eigenvalue weighted by Gasteiger charge is -2.44. The van der Waals surface area contributed by atoms with Crippen molar-refractivity contribution in [3.8, 4) is 0 Å². The summed E-state index contributed by atoms with van der Waals surface area (Å²) < 4.78 is 75.2. The summed E-state index contributed by atoms with van der Waals surface area (Å²) in [6.07, 6.45) is -5.65. The van der Waals surface area contributed by atoms with Crippen LogP contribution >= 0.6 is 0 Å². The minimum atomic E-state index is -5.65. The molecule has 21 heavy (non-hydrogen) atoms. The number of halogens is 5. The van der Waals surface area contributed by atoms with Gasteiger partial charge in [0.15, 0.2) is 5.60 Å². The summed E-state index contributed by atoms with van der Waals surface area (Å²) in [6.45, 7) is 3.66. The Morgan fingerprint density at radius 2 is 1.62 bits per heavy atom. The third-order valence-corrected chi connectivity index (χ3v) is 2.91. The van der Waals surface area contributed by atoms with Crippen LogP contribution in [0.25, 0.3) is 0 Å². The minimum Gasteiger partial charge on any atom is -0.447 e. The second kappa shape index (κ2) is 5.88. The van der Waals surface area contributed by atoms with Crippen LogP contribution in [0.5, 0.6) is 0 Å². The van der Waals surface area contributed by atoms with Gasteiger partial charge in [-0.1, -0.05) is 6.58 Å². The van der Waals surface area contributed by atoms with Crippen molar-refractivity contribution >= 4 is 5.97 Å². The standard InChI is InChI=1S/C12H17F5O4/c1-7(2)8(18)21-9(3,6-20-5)11(13,14)10(4,19)12(15,16)17/h19H,1,6H2,2-5H3. The van der Waals surface area contributed by atoms with E-state index in [1.54, 1.807) is 0 Å². The van der Waals surface area contributed by atoms with Crippen LogP contribution in [-0.4, -0.2) is 48.1 Å². The van der Waals surface area contributed by atoms with Crippen molar-refractivity contribution in [2.24, 2.45) is 0 Å². The number of carbonyl (C=O) groups excluding carboxylic acids is 1. The summed E-state index contributed by atoms with van der Waals surface area (Å²) in [5.74, 6) is -6.20.